The summed E-state index contributed by atoms with van der Waals surface area (Å²) in [6.07, 6.45) is 3.66. The van der Waals surface area contributed by atoms with Gasteiger partial charge in [0.25, 0.3) is 0 Å². The number of imidazole rings is 1. The lowest BCUT2D eigenvalue weighted by molar-refractivity contribution is 0.485. The first-order valence-electron chi connectivity index (χ1n) is 6.08. The van der Waals surface area contributed by atoms with Crippen molar-refractivity contribution in [3.8, 4) is 17.6 Å². The summed E-state index contributed by atoms with van der Waals surface area (Å²) in [7, 11) is 0. The summed E-state index contributed by atoms with van der Waals surface area (Å²) in [6.45, 7) is 1.91. The lowest BCUT2D eigenvalue weighted by atomic mass is 10.2. The quantitative estimate of drug-likeness (QED) is 0.772. The maximum Gasteiger partial charge on any atom is 0.180 e. The lowest BCUT2D eigenvalue weighted by Gasteiger charge is -2.08. The molecule has 5 nitrogen and oxygen atoms in total. The van der Waals surface area contributed by atoms with Gasteiger partial charge in [0.05, 0.1) is 23.0 Å². The maximum atomic E-state index is 8.91. The summed E-state index contributed by atoms with van der Waals surface area (Å²) in [5.74, 6) is 1.14. The summed E-state index contributed by atoms with van der Waals surface area (Å²) >= 11 is 0. The number of nitrogen functional groups attached to an aromatic ring is 1. The number of hydrogen-bond donors (Lipinski definition) is 1. The number of nitriles is 1. The Balaban J connectivity index is 2.08. The largest absolute Gasteiger partial charge is 0.453 e. The molecular weight excluding hydrogens is 252 g/mol. The van der Waals surface area contributed by atoms with Crippen LogP contribution in [0.3, 0.4) is 0 Å². The lowest BCUT2D eigenvalue weighted by Crippen LogP contribution is -1.94. The van der Waals surface area contributed by atoms with Crippen LogP contribution in [0, 0.1) is 18.3 Å². The van der Waals surface area contributed by atoms with Gasteiger partial charge in [-0.1, -0.05) is 6.07 Å². The van der Waals surface area contributed by atoms with E-state index in [1.807, 2.05) is 17.5 Å². The highest BCUT2D eigenvalue weighted by atomic mass is 16.5. The van der Waals surface area contributed by atoms with E-state index in [1.54, 1.807) is 36.5 Å². The van der Waals surface area contributed by atoms with Crippen LogP contribution >= 0.6 is 0 Å². The fourth-order valence-corrected chi connectivity index (χ4v) is 2.04. The predicted octanol–water partition coefficient (Wildman–Crippen LogP) is 2.89. The summed E-state index contributed by atoms with van der Waals surface area (Å²) in [5.41, 5.74) is 8.57. The van der Waals surface area contributed by atoms with Gasteiger partial charge in [-0.05, 0) is 25.1 Å². The van der Waals surface area contributed by atoms with Crippen LogP contribution in [0.2, 0.25) is 0 Å². The number of aromatic nitrogens is 2. The van der Waals surface area contributed by atoms with E-state index in [0.717, 1.165) is 5.69 Å². The number of nitrogens with zero attached hydrogens (tertiary/aromatic N) is 3. The molecule has 98 valence electrons. The minimum absolute atomic E-state index is 0.543. The third kappa shape index (κ3) is 2.15. The molecule has 20 heavy (non-hydrogen) atoms. The molecule has 3 aromatic rings. The zero-order valence-electron chi connectivity index (χ0n) is 10.9. The maximum absolute atomic E-state index is 8.91. The van der Waals surface area contributed by atoms with Crippen LogP contribution in [0.4, 0.5) is 5.69 Å². The smallest absolute Gasteiger partial charge is 0.180 e. The molecule has 0 aliphatic heterocycles. The normalized spacial score (nSPS) is 10.4. The number of aryl methyl sites for hydroxylation is 1. The average molecular weight is 264 g/mol. The van der Waals surface area contributed by atoms with Crippen molar-refractivity contribution in [3.05, 3.63) is 54.0 Å². The van der Waals surface area contributed by atoms with Crippen LogP contribution in [-0.2, 0) is 0 Å². The topological polar surface area (TPSA) is 76.3 Å². The Bertz CT molecular complexity index is 829. The first-order chi connectivity index (χ1) is 9.65. The van der Waals surface area contributed by atoms with Crippen LogP contribution in [0.15, 0.2) is 42.7 Å². The van der Waals surface area contributed by atoms with E-state index in [9.17, 15) is 0 Å². The van der Waals surface area contributed by atoms with Gasteiger partial charge in [-0.15, -0.1) is 0 Å². The highest BCUT2D eigenvalue weighted by molar-refractivity contribution is 5.61. The molecular formula is C15H12N4O. The molecule has 2 aromatic heterocycles. The van der Waals surface area contributed by atoms with Crippen molar-refractivity contribution in [1.82, 2.24) is 9.38 Å². The molecule has 3 rings (SSSR count). The number of rotatable bonds is 2. The fraction of sp³-hybridized carbons (Fsp3) is 0.0667. The van der Waals surface area contributed by atoms with Crippen molar-refractivity contribution < 1.29 is 4.74 Å². The Morgan fingerprint density at radius 3 is 2.95 bits per heavy atom. The molecule has 0 saturated heterocycles. The van der Waals surface area contributed by atoms with E-state index in [0.29, 0.717) is 28.4 Å². The average Bonchev–Trinajstić information content (AvgIpc) is 2.79. The number of nitrogens with two attached hydrogens (primary N) is 1. The summed E-state index contributed by atoms with van der Waals surface area (Å²) in [4.78, 5) is 4.41. The standard InChI is InChI=1S/C15H12N4O/c1-10-8-19-9-12(17)6-14(15(19)18-10)20-13-4-2-3-11(5-13)7-16/h2-6,8-9H,17H2,1H3. The number of benzene rings is 1. The summed E-state index contributed by atoms with van der Waals surface area (Å²) in [5, 5.41) is 8.91. The van der Waals surface area contributed by atoms with Gasteiger partial charge in [-0.3, -0.25) is 0 Å². The van der Waals surface area contributed by atoms with Crippen LogP contribution in [0.5, 0.6) is 11.5 Å². The van der Waals surface area contributed by atoms with Gasteiger partial charge in [0.2, 0.25) is 0 Å². The van der Waals surface area contributed by atoms with E-state index in [2.05, 4.69) is 11.1 Å². The first-order valence-corrected chi connectivity index (χ1v) is 6.08. The van der Waals surface area contributed by atoms with Gasteiger partial charge < -0.3 is 14.9 Å². The molecule has 2 heterocycles. The molecule has 5 heteroatoms. The molecule has 0 radical (unpaired) electrons. The van der Waals surface area contributed by atoms with Crippen molar-refractivity contribution in [2.75, 3.05) is 5.73 Å². The van der Waals surface area contributed by atoms with Crippen molar-refractivity contribution in [2.45, 2.75) is 6.92 Å². The highest BCUT2D eigenvalue weighted by Gasteiger charge is 2.09. The van der Waals surface area contributed by atoms with E-state index >= 15 is 0 Å². The molecule has 0 saturated carbocycles. The molecule has 2 N–H and O–H groups in total. The third-order valence-corrected chi connectivity index (χ3v) is 2.85. The SMILES string of the molecule is Cc1cn2cc(N)cc(Oc3cccc(C#N)c3)c2n1. The van der Waals surface area contributed by atoms with Gasteiger partial charge >= 0.3 is 0 Å². The van der Waals surface area contributed by atoms with Crippen molar-refractivity contribution in [3.63, 3.8) is 0 Å². The van der Waals surface area contributed by atoms with Crippen LogP contribution in [0.25, 0.3) is 5.65 Å². The Morgan fingerprint density at radius 2 is 2.15 bits per heavy atom. The Hall–Kier alpha value is -3.00. The molecule has 0 atom stereocenters. The molecule has 0 bridgehead atoms. The zero-order chi connectivity index (χ0) is 14.1. The molecule has 0 aliphatic carbocycles. The third-order valence-electron chi connectivity index (χ3n) is 2.85. The molecule has 0 spiro atoms. The fourth-order valence-electron chi connectivity index (χ4n) is 2.04. The second-order valence-electron chi connectivity index (χ2n) is 4.49. The van der Waals surface area contributed by atoms with Gasteiger partial charge in [-0.2, -0.15) is 5.26 Å². The van der Waals surface area contributed by atoms with Gasteiger partial charge in [-0.25, -0.2) is 4.98 Å². The van der Waals surface area contributed by atoms with Gasteiger partial charge in [0, 0.05) is 18.5 Å². The minimum Gasteiger partial charge on any atom is -0.453 e. The predicted molar refractivity (Wildman–Crippen MR) is 75.6 cm³/mol. The highest BCUT2D eigenvalue weighted by Crippen LogP contribution is 2.28. The van der Waals surface area contributed by atoms with Crippen molar-refractivity contribution >= 4 is 11.3 Å². The van der Waals surface area contributed by atoms with Crippen LogP contribution < -0.4 is 10.5 Å². The number of anilines is 1. The molecule has 0 amide bonds. The van der Waals surface area contributed by atoms with Gasteiger partial charge in [0.15, 0.2) is 11.4 Å². The second kappa shape index (κ2) is 4.59. The molecule has 0 aliphatic rings. The number of fused-ring (bicyclic) bond motifs is 1. The first kappa shape index (κ1) is 12.1. The summed E-state index contributed by atoms with van der Waals surface area (Å²) < 4.78 is 7.64. The molecule has 0 unspecified atom stereocenters. The van der Waals surface area contributed by atoms with Gasteiger partial charge in [0.1, 0.15) is 5.75 Å². The second-order valence-corrected chi connectivity index (χ2v) is 4.49. The van der Waals surface area contributed by atoms with E-state index < -0.39 is 0 Å². The monoisotopic (exact) mass is 264 g/mol. The van der Waals surface area contributed by atoms with Crippen LogP contribution in [0.1, 0.15) is 11.3 Å². The summed E-state index contributed by atoms with van der Waals surface area (Å²) in [6, 6.07) is 10.8. The Kier molecular flexibility index (Phi) is 2.77. The number of ether oxygens (including phenoxy) is 1. The van der Waals surface area contributed by atoms with Crippen molar-refractivity contribution in [2.24, 2.45) is 0 Å². The van der Waals surface area contributed by atoms with E-state index in [1.165, 1.54) is 0 Å². The number of hydrogen-bond acceptors (Lipinski definition) is 4. The van der Waals surface area contributed by atoms with E-state index in [4.69, 9.17) is 15.7 Å². The Morgan fingerprint density at radius 1 is 1.30 bits per heavy atom. The zero-order valence-corrected chi connectivity index (χ0v) is 10.9. The van der Waals surface area contributed by atoms with Crippen LogP contribution in [-0.4, -0.2) is 9.38 Å². The molecule has 1 aromatic carbocycles. The minimum atomic E-state index is 0.543. The Labute approximate surface area is 115 Å². The van der Waals surface area contributed by atoms with Crippen molar-refractivity contribution in [1.29, 1.82) is 5.26 Å². The molecule has 0 fully saturated rings. The van der Waals surface area contributed by atoms with E-state index in [-0.39, 0.29) is 0 Å². The number of pyridine rings is 1.